The minimum Gasteiger partial charge on any atom is -0.392 e. The van der Waals surface area contributed by atoms with E-state index in [1.165, 1.54) is 0 Å². The summed E-state index contributed by atoms with van der Waals surface area (Å²) in [5, 5.41) is 9.94. The van der Waals surface area contributed by atoms with Gasteiger partial charge in [0.15, 0.2) is 0 Å². The minimum atomic E-state index is -0.275. The SMILES string of the molecule is C=CCCC(O)CN1CCCN(CC(=O)N(C)C)CC1. The van der Waals surface area contributed by atoms with E-state index in [2.05, 4.69) is 16.4 Å². The van der Waals surface area contributed by atoms with Gasteiger partial charge in [0, 0.05) is 33.7 Å². The van der Waals surface area contributed by atoms with Crippen molar-refractivity contribution in [2.24, 2.45) is 0 Å². The second-order valence-electron chi connectivity index (χ2n) is 5.74. The van der Waals surface area contributed by atoms with Crippen molar-refractivity contribution in [3.8, 4) is 0 Å². The number of hydrogen-bond acceptors (Lipinski definition) is 4. The first-order valence-corrected chi connectivity index (χ1v) is 7.46. The average molecular weight is 283 g/mol. The molecule has 20 heavy (non-hydrogen) atoms. The van der Waals surface area contributed by atoms with Gasteiger partial charge in [-0.25, -0.2) is 0 Å². The molecule has 0 aromatic heterocycles. The van der Waals surface area contributed by atoms with E-state index in [0.29, 0.717) is 6.54 Å². The van der Waals surface area contributed by atoms with Gasteiger partial charge < -0.3 is 10.0 Å². The minimum absolute atomic E-state index is 0.157. The van der Waals surface area contributed by atoms with Gasteiger partial charge in [-0.2, -0.15) is 0 Å². The van der Waals surface area contributed by atoms with E-state index < -0.39 is 0 Å². The summed E-state index contributed by atoms with van der Waals surface area (Å²) in [4.78, 5) is 17.9. The van der Waals surface area contributed by atoms with E-state index in [1.54, 1.807) is 19.0 Å². The molecule has 1 amide bonds. The number of amides is 1. The van der Waals surface area contributed by atoms with E-state index in [0.717, 1.165) is 52.0 Å². The average Bonchev–Trinajstić information content (AvgIpc) is 2.62. The van der Waals surface area contributed by atoms with Crippen LogP contribution in [0.5, 0.6) is 0 Å². The highest BCUT2D eigenvalue weighted by molar-refractivity contribution is 5.77. The first kappa shape index (κ1) is 17.1. The molecule has 1 aliphatic rings. The molecule has 1 rings (SSSR count). The summed E-state index contributed by atoms with van der Waals surface area (Å²) >= 11 is 0. The summed E-state index contributed by atoms with van der Waals surface area (Å²) in [6, 6.07) is 0. The lowest BCUT2D eigenvalue weighted by Gasteiger charge is -2.24. The van der Waals surface area contributed by atoms with Crippen LogP contribution in [-0.2, 0) is 4.79 Å². The number of nitrogens with zero attached hydrogens (tertiary/aromatic N) is 3. The van der Waals surface area contributed by atoms with Crippen LogP contribution in [0.25, 0.3) is 0 Å². The fraction of sp³-hybridized carbons (Fsp3) is 0.800. The molecule has 1 fully saturated rings. The van der Waals surface area contributed by atoms with Crippen molar-refractivity contribution in [2.45, 2.75) is 25.4 Å². The van der Waals surface area contributed by atoms with Gasteiger partial charge in [-0.05, 0) is 32.4 Å². The Morgan fingerprint density at radius 1 is 1.30 bits per heavy atom. The molecule has 0 saturated carbocycles. The number of aliphatic hydroxyl groups excluding tert-OH is 1. The van der Waals surface area contributed by atoms with E-state index in [4.69, 9.17) is 0 Å². The van der Waals surface area contributed by atoms with Crippen molar-refractivity contribution < 1.29 is 9.90 Å². The van der Waals surface area contributed by atoms with Crippen LogP contribution in [0.15, 0.2) is 12.7 Å². The lowest BCUT2D eigenvalue weighted by Crippen LogP contribution is -2.39. The fourth-order valence-corrected chi connectivity index (χ4v) is 2.40. The van der Waals surface area contributed by atoms with Crippen LogP contribution >= 0.6 is 0 Å². The van der Waals surface area contributed by atoms with Crippen LogP contribution in [0.3, 0.4) is 0 Å². The summed E-state index contributed by atoms with van der Waals surface area (Å²) in [7, 11) is 3.59. The van der Waals surface area contributed by atoms with Crippen LogP contribution in [0, 0.1) is 0 Å². The zero-order chi connectivity index (χ0) is 15.0. The third-order valence-corrected chi connectivity index (χ3v) is 3.71. The number of rotatable bonds is 7. The molecule has 1 heterocycles. The highest BCUT2D eigenvalue weighted by Gasteiger charge is 2.19. The van der Waals surface area contributed by atoms with Crippen LogP contribution in [0.1, 0.15) is 19.3 Å². The predicted octanol–water partition coefficient (Wildman–Crippen LogP) is 0.409. The molecule has 0 radical (unpaired) electrons. The van der Waals surface area contributed by atoms with Crippen molar-refractivity contribution in [3.63, 3.8) is 0 Å². The van der Waals surface area contributed by atoms with Crippen LogP contribution in [-0.4, -0.2) is 85.2 Å². The molecule has 0 spiro atoms. The summed E-state index contributed by atoms with van der Waals surface area (Å²) in [5.74, 6) is 0.157. The van der Waals surface area contributed by atoms with Gasteiger partial charge in [0.1, 0.15) is 0 Å². The predicted molar refractivity (Wildman–Crippen MR) is 81.6 cm³/mol. The van der Waals surface area contributed by atoms with Crippen LogP contribution in [0.4, 0.5) is 0 Å². The van der Waals surface area contributed by atoms with Crippen molar-refractivity contribution in [2.75, 3.05) is 53.4 Å². The number of carbonyl (C=O) groups excluding carboxylic acids is 1. The van der Waals surface area contributed by atoms with Crippen molar-refractivity contribution in [1.29, 1.82) is 0 Å². The largest absolute Gasteiger partial charge is 0.392 e. The number of β-amino-alcohol motifs (C(OH)–C–C–N with tert-alkyl or cyclic N) is 1. The highest BCUT2D eigenvalue weighted by atomic mass is 16.3. The van der Waals surface area contributed by atoms with E-state index in [1.807, 2.05) is 6.08 Å². The monoisotopic (exact) mass is 283 g/mol. The number of carbonyl (C=O) groups is 1. The third-order valence-electron chi connectivity index (χ3n) is 3.71. The maximum Gasteiger partial charge on any atom is 0.236 e. The Kier molecular flexibility index (Phi) is 7.80. The number of hydrogen-bond donors (Lipinski definition) is 1. The molecule has 0 aromatic carbocycles. The Bertz CT molecular complexity index is 307. The lowest BCUT2D eigenvalue weighted by atomic mass is 10.2. The molecule has 0 aromatic rings. The first-order valence-electron chi connectivity index (χ1n) is 7.46. The Labute approximate surface area is 122 Å². The number of allylic oxidation sites excluding steroid dienone is 1. The first-order chi connectivity index (χ1) is 9.52. The van der Waals surface area contributed by atoms with Gasteiger partial charge in [0.05, 0.1) is 12.6 Å². The molecule has 1 N–H and O–H groups in total. The highest BCUT2D eigenvalue weighted by Crippen LogP contribution is 2.06. The van der Waals surface area contributed by atoms with Gasteiger partial charge in [-0.1, -0.05) is 6.08 Å². The van der Waals surface area contributed by atoms with Gasteiger partial charge in [0.25, 0.3) is 0 Å². The van der Waals surface area contributed by atoms with E-state index in [-0.39, 0.29) is 12.0 Å². The normalized spacial score (nSPS) is 19.4. The summed E-state index contributed by atoms with van der Waals surface area (Å²) < 4.78 is 0. The van der Waals surface area contributed by atoms with Crippen molar-refractivity contribution >= 4 is 5.91 Å². The zero-order valence-electron chi connectivity index (χ0n) is 12.9. The molecular formula is C15H29N3O2. The summed E-state index contributed by atoms with van der Waals surface area (Å²) in [5.41, 5.74) is 0. The van der Waals surface area contributed by atoms with Crippen LogP contribution < -0.4 is 0 Å². The molecular weight excluding hydrogens is 254 g/mol. The van der Waals surface area contributed by atoms with E-state index in [9.17, 15) is 9.90 Å². The summed E-state index contributed by atoms with van der Waals surface area (Å²) in [6.45, 7) is 8.68. The molecule has 5 heteroatoms. The topological polar surface area (TPSA) is 47.0 Å². The maximum absolute atomic E-state index is 11.7. The molecule has 1 unspecified atom stereocenters. The van der Waals surface area contributed by atoms with Gasteiger partial charge in [-0.3, -0.25) is 14.6 Å². The maximum atomic E-state index is 11.7. The molecule has 1 atom stereocenters. The fourth-order valence-electron chi connectivity index (χ4n) is 2.40. The standard InChI is InChI=1S/C15H29N3O2/c1-4-5-7-14(19)12-17-8-6-9-18(11-10-17)13-15(20)16(2)3/h4,14,19H,1,5-13H2,2-3H3. The Balaban J connectivity index is 2.31. The second kappa shape index (κ2) is 9.10. The summed E-state index contributed by atoms with van der Waals surface area (Å²) in [6.07, 6.45) is 4.26. The van der Waals surface area contributed by atoms with Crippen molar-refractivity contribution in [1.82, 2.24) is 14.7 Å². The van der Waals surface area contributed by atoms with Gasteiger partial charge >= 0.3 is 0 Å². The molecule has 116 valence electrons. The third kappa shape index (κ3) is 6.50. The van der Waals surface area contributed by atoms with E-state index >= 15 is 0 Å². The lowest BCUT2D eigenvalue weighted by molar-refractivity contribution is -0.129. The molecule has 5 nitrogen and oxygen atoms in total. The van der Waals surface area contributed by atoms with Crippen molar-refractivity contribution in [3.05, 3.63) is 12.7 Å². The molecule has 1 saturated heterocycles. The Morgan fingerprint density at radius 3 is 2.60 bits per heavy atom. The van der Waals surface area contributed by atoms with Crippen LogP contribution in [0.2, 0.25) is 0 Å². The van der Waals surface area contributed by atoms with Gasteiger partial charge in [-0.15, -0.1) is 6.58 Å². The quantitative estimate of drug-likeness (QED) is 0.688. The zero-order valence-corrected chi connectivity index (χ0v) is 12.9. The molecule has 1 aliphatic heterocycles. The van der Waals surface area contributed by atoms with Gasteiger partial charge in [0.2, 0.25) is 5.91 Å². The smallest absolute Gasteiger partial charge is 0.236 e. The Morgan fingerprint density at radius 2 is 1.95 bits per heavy atom. The molecule has 0 aliphatic carbocycles. The second-order valence-corrected chi connectivity index (χ2v) is 5.74. The Hall–Kier alpha value is -0.910. The molecule has 0 bridgehead atoms. The number of aliphatic hydroxyl groups is 1. The number of likely N-dealkylation sites (N-methyl/N-ethyl adjacent to an activating group) is 1.